The van der Waals surface area contributed by atoms with E-state index in [4.69, 9.17) is 2.74 Å². The van der Waals surface area contributed by atoms with Gasteiger partial charge in [-0.05, 0) is 81.1 Å². The fourth-order valence-electron chi connectivity index (χ4n) is 12.8. The topological polar surface area (TPSA) is 67.3 Å². The molecule has 0 radical (unpaired) electrons. The Morgan fingerprint density at radius 1 is 0.313 bits per heavy atom. The van der Waals surface area contributed by atoms with Gasteiger partial charge in [0.1, 0.15) is 23.3 Å². The van der Waals surface area contributed by atoms with E-state index in [1.54, 1.807) is 16.7 Å². The molecular formula is C76H42N6S. The molecule has 18 rings (SSSR count). The van der Waals surface area contributed by atoms with Crippen molar-refractivity contribution in [2.75, 3.05) is 0 Å². The highest BCUT2D eigenvalue weighted by Gasteiger charge is 2.35. The molecule has 0 N–H and O–H groups in total. The summed E-state index contributed by atoms with van der Waals surface area (Å²) in [5, 5.41) is 29.1. The van der Waals surface area contributed by atoms with Crippen molar-refractivity contribution in [3.63, 3.8) is 0 Å². The monoisotopic (exact) mass is 1090 g/mol. The first-order valence-corrected chi connectivity index (χ1v) is 26.8. The second kappa shape index (κ2) is 17.1. The molecule has 0 aliphatic heterocycles. The maximum Gasteiger partial charge on any atom is 0.104 e. The summed E-state index contributed by atoms with van der Waals surface area (Å²) >= 11 is 1.30. The van der Waals surface area contributed by atoms with Gasteiger partial charge >= 0.3 is 0 Å². The first-order valence-electron chi connectivity index (χ1n) is 38.0. The van der Waals surface area contributed by atoms with Crippen LogP contribution in [0.1, 0.15) is 44.0 Å². The lowest BCUT2D eigenvalue weighted by molar-refractivity contribution is 1.03. The van der Waals surface area contributed by atoms with Gasteiger partial charge in [-0.3, -0.25) is 0 Å². The van der Waals surface area contributed by atoms with Crippen molar-refractivity contribution in [1.82, 2.24) is 18.3 Å². The minimum absolute atomic E-state index is 0.191. The Hall–Kier alpha value is -11.2. The molecule has 5 heterocycles. The number of hydrogen-bond donors (Lipinski definition) is 0. The molecule has 0 aliphatic rings. The SMILES string of the molecule is [2H]c1c([2H])c([2H])c2c(c1[2H])c1c([2H])c([2H])c([2H])c([2H])c1n2-c1c(C#N)c(-n2c3c([2H])c([2H])c([2H])c([2H])c3c3c([2H])c([2H])c([2H])c([2H])c32)c(-n2c3cccc(-c4cccc5c4ccc4ccccc45)c3c3ccc4c5ccccc5sc4c32)c(C#N)c1-n1c2c([2H])c([2H])c([2H])c([2H])c2c2c([2H])c([2H])c([2H])c([2H])c21. The van der Waals surface area contributed by atoms with E-state index in [1.807, 2.05) is 97.1 Å². The van der Waals surface area contributed by atoms with E-state index in [9.17, 15) is 40.7 Å². The zero-order chi connectivity index (χ0) is 75.5. The minimum atomic E-state index is -0.985. The van der Waals surface area contributed by atoms with E-state index in [2.05, 4.69) is 12.1 Å². The van der Waals surface area contributed by atoms with Crippen molar-refractivity contribution in [3.8, 4) is 46.0 Å². The molecule has 0 unspecified atom stereocenters. The van der Waals surface area contributed by atoms with Gasteiger partial charge in [0.2, 0.25) is 0 Å². The molecule has 0 spiro atoms. The third-order valence-corrected chi connectivity index (χ3v) is 17.2. The number of fused-ring (bicyclic) bond motifs is 19. The lowest BCUT2D eigenvalue weighted by atomic mass is 9.92. The fourth-order valence-corrected chi connectivity index (χ4v) is 14.0. The molecular weight excluding hydrogens is 1030 g/mol. The predicted octanol–water partition coefficient (Wildman–Crippen LogP) is 20.2. The van der Waals surface area contributed by atoms with Gasteiger partial charge in [-0.25, -0.2) is 0 Å². The van der Waals surface area contributed by atoms with Gasteiger partial charge in [0, 0.05) is 58.6 Å². The summed E-state index contributed by atoms with van der Waals surface area (Å²) in [7, 11) is 0. The van der Waals surface area contributed by atoms with Gasteiger partial charge in [0.05, 0.1) is 104 Å². The zero-order valence-corrected chi connectivity index (χ0v) is 43.3. The summed E-state index contributed by atoms with van der Waals surface area (Å²) in [6.45, 7) is 0. The average Bonchev–Trinajstić information content (AvgIpc) is 1.58. The predicted molar refractivity (Wildman–Crippen MR) is 347 cm³/mol. The maximum absolute atomic E-state index is 13.4. The smallest absolute Gasteiger partial charge is 0.104 e. The summed E-state index contributed by atoms with van der Waals surface area (Å²) < 4.78 is 236. The number of rotatable bonds is 5. The van der Waals surface area contributed by atoms with Gasteiger partial charge in [0.25, 0.3) is 0 Å². The molecule has 5 aromatic heterocycles. The summed E-state index contributed by atoms with van der Waals surface area (Å²) in [5.41, 5.74) is -7.11. The van der Waals surface area contributed by atoms with Crippen LogP contribution in [0.3, 0.4) is 0 Å². The van der Waals surface area contributed by atoms with Gasteiger partial charge in [0.15, 0.2) is 0 Å². The van der Waals surface area contributed by atoms with E-state index >= 15 is 0 Å². The number of aromatic nitrogens is 4. The van der Waals surface area contributed by atoms with Gasteiger partial charge < -0.3 is 18.3 Å². The van der Waals surface area contributed by atoms with Crippen LogP contribution in [-0.2, 0) is 0 Å². The second-order valence-electron chi connectivity index (χ2n) is 19.9. The summed E-state index contributed by atoms with van der Waals surface area (Å²) in [6, 6.07) is 16.7. The third kappa shape index (κ3) is 6.07. The van der Waals surface area contributed by atoms with Crippen LogP contribution in [0.15, 0.2) is 254 Å². The van der Waals surface area contributed by atoms with Crippen LogP contribution in [0.5, 0.6) is 0 Å². The van der Waals surface area contributed by atoms with Crippen LogP contribution in [0.4, 0.5) is 0 Å². The highest BCUT2D eigenvalue weighted by Crippen LogP contribution is 2.52. The van der Waals surface area contributed by atoms with E-state index in [0.717, 1.165) is 45.3 Å². The van der Waals surface area contributed by atoms with Crippen LogP contribution in [0.2, 0.25) is 0 Å². The maximum atomic E-state index is 13.4. The van der Waals surface area contributed by atoms with Crippen LogP contribution >= 0.6 is 11.3 Å². The van der Waals surface area contributed by atoms with Crippen molar-refractivity contribution in [2.24, 2.45) is 0 Å². The second-order valence-corrected chi connectivity index (χ2v) is 20.9. The normalized spacial score (nSPS) is 16.1. The van der Waals surface area contributed by atoms with Crippen molar-refractivity contribution in [2.45, 2.75) is 0 Å². The van der Waals surface area contributed by atoms with Crippen molar-refractivity contribution in [1.29, 1.82) is 10.5 Å². The number of nitrogens with zero attached hydrogens (tertiary/aromatic N) is 6. The van der Waals surface area contributed by atoms with Crippen molar-refractivity contribution in [3.05, 3.63) is 265 Å². The Labute approximate surface area is 511 Å². The molecule has 13 aromatic carbocycles. The molecule has 7 heteroatoms. The van der Waals surface area contributed by atoms with Crippen molar-refractivity contribution >= 4 is 140 Å². The summed E-state index contributed by atoms with van der Waals surface area (Å²) in [5.74, 6) is 0. The number of thiophene rings is 1. The number of para-hydroxylation sites is 6. The molecule has 0 aliphatic carbocycles. The number of hydrogen-bond acceptors (Lipinski definition) is 3. The van der Waals surface area contributed by atoms with Crippen molar-refractivity contribution < 1.29 is 32.9 Å². The Kier molecular flexibility index (Phi) is 5.84. The number of benzene rings is 13. The van der Waals surface area contributed by atoms with E-state index in [1.165, 1.54) is 11.3 Å². The van der Waals surface area contributed by atoms with Gasteiger partial charge in [-0.2, -0.15) is 10.5 Å². The van der Waals surface area contributed by atoms with E-state index in [0.29, 0.717) is 32.0 Å². The van der Waals surface area contributed by atoms with Gasteiger partial charge in [-0.15, -0.1) is 11.3 Å². The molecule has 0 fully saturated rings. The molecule has 0 saturated carbocycles. The molecule has 0 saturated heterocycles. The van der Waals surface area contributed by atoms with Crippen LogP contribution in [0.25, 0.3) is 163 Å². The van der Waals surface area contributed by atoms with E-state index in [-0.39, 0.29) is 11.0 Å². The highest BCUT2D eigenvalue weighted by molar-refractivity contribution is 7.26. The van der Waals surface area contributed by atoms with Crippen LogP contribution < -0.4 is 0 Å². The Bertz CT molecular complexity index is 7250. The molecule has 83 heavy (non-hydrogen) atoms. The molecule has 6 nitrogen and oxygen atoms in total. The largest absolute Gasteiger partial charge is 0.306 e. The average molecular weight is 1100 g/mol. The Morgan fingerprint density at radius 2 is 0.723 bits per heavy atom. The standard InChI is InChI=1S/C76H42N6S/c77-43-60-71(79-62-31-10-3-21-50(62)51-22-4-11-32-63(51)79)72(80-64-33-12-5-23-52(64)53-24-6-13-34-65(53)80)61(44-78)74(73(60)81-66-35-14-7-25-54(66)55-26-8-15-36-67(55)81)82-68-37-18-30-57(48-29-17-28-47-46-20-2-1-19-45(46)39-40-49(47)48)70(68)59-42-41-58-56-27-9-16-38-69(56)83-76(58)75(59)82/h1-42H/i3D,4D,5D,6D,7D,8D,10D,11D,12D,13D,14D,15D,21D,22D,23D,24D,25D,26D,31D,32D,33D,34D,35D,36D. The lowest BCUT2D eigenvalue weighted by Crippen LogP contribution is -2.16. The van der Waals surface area contributed by atoms with E-state index < -0.39 is 244 Å². The third-order valence-electron chi connectivity index (χ3n) is 16.0. The summed E-state index contributed by atoms with van der Waals surface area (Å²) in [6.07, 6.45) is 0. The minimum Gasteiger partial charge on any atom is -0.306 e. The van der Waals surface area contributed by atoms with Gasteiger partial charge in [-0.1, -0.05) is 206 Å². The highest BCUT2D eigenvalue weighted by atomic mass is 32.1. The number of nitriles is 2. The first-order chi connectivity index (χ1) is 51.1. The van der Waals surface area contributed by atoms with Crippen LogP contribution in [0, 0.1) is 22.7 Å². The molecule has 0 atom stereocenters. The quantitative estimate of drug-likeness (QED) is 0.161. The lowest BCUT2D eigenvalue weighted by Gasteiger charge is -2.27. The van der Waals surface area contributed by atoms with Crippen LogP contribution in [-0.4, -0.2) is 18.3 Å². The molecule has 18 aromatic rings. The Balaban J connectivity index is 1.24. The first kappa shape index (κ1) is 28.3. The fraction of sp³-hybridized carbons (Fsp3) is 0. The molecule has 0 bridgehead atoms. The summed E-state index contributed by atoms with van der Waals surface area (Å²) in [4.78, 5) is 0. The molecule has 382 valence electrons. The zero-order valence-electron chi connectivity index (χ0n) is 66.5. The molecule has 0 amide bonds. The Morgan fingerprint density at radius 3 is 1.24 bits per heavy atom.